The molecule has 0 aromatic carbocycles. The predicted octanol–water partition coefficient (Wildman–Crippen LogP) is 0.777. The molecule has 0 atom stereocenters. The molecule has 2 aromatic rings. The fraction of sp³-hybridized carbons (Fsp3) is 0.167. The topological polar surface area (TPSA) is 69.1 Å². The van der Waals surface area contributed by atoms with Crippen LogP contribution in [-0.2, 0) is 0 Å². The molecule has 0 aliphatic carbocycles. The Labute approximate surface area is 76.7 Å². The quantitative estimate of drug-likeness (QED) is 0.723. The Balaban J connectivity index is 2.88. The van der Waals surface area contributed by atoms with Gasteiger partial charge in [0.15, 0.2) is 5.82 Å². The maximum absolute atomic E-state index is 5.64. The molecule has 2 heterocycles. The molecule has 0 aliphatic rings. The second-order valence-electron chi connectivity index (χ2n) is 2.39. The van der Waals surface area contributed by atoms with Gasteiger partial charge in [0, 0.05) is 6.07 Å². The second-order valence-corrected chi connectivity index (χ2v) is 3.20. The maximum atomic E-state index is 5.64. The fourth-order valence-corrected chi connectivity index (χ4v) is 1.35. The van der Waals surface area contributed by atoms with Gasteiger partial charge in [-0.2, -0.15) is 0 Å². The van der Waals surface area contributed by atoms with Crippen molar-refractivity contribution in [2.75, 3.05) is 5.73 Å². The van der Waals surface area contributed by atoms with E-state index in [2.05, 4.69) is 31.1 Å². The number of nitrogens with zero attached hydrogens (tertiary/aromatic N) is 4. The third-order valence-corrected chi connectivity index (χ3v) is 1.83. The lowest BCUT2D eigenvalue weighted by Gasteiger charge is -1.96. The molecule has 0 fully saturated rings. The molecule has 0 unspecified atom stereocenters. The molecule has 0 saturated heterocycles. The summed E-state index contributed by atoms with van der Waals surface area (Å²) in [5.74, 6) is 1.05. The van der Waals surface area contributed by atoms with Crippen LogP contribution in [0.5, 0.6) is 0 Å². The molecular formula is C6H6BrN5. The lowest BCUT2D eigenvalue weighted by Crippen LogP contribution is -2.03. The van der Waals surface area contributed by atoms with Gasteiger partial charge in [0.25, 0.3) is 0 Å². The third-order valence-electron chi connectivity index (χ3n) is 1.45. The zero-order valence-electron chi connectivity index (χ0n) is 6.32. The van der Waals surface area contributed by atoms with Crippen molar-refractivity contribution in [2.45, 2.75) is 6.92 Å². The summed E-state index contributed by atoms with van der Waals surface area (Å²) in [5.41, 5.74) is 6.35. The zero-order valence-corrected chi connectivity index (χ0v) is 7.91. The van der Waals surface area contributed by atoms with Crippen molar-refractivity contribution >= 4 is 27.3 Å². The Kier molecular flexibility index (Phi) is 1.50. The lowest BCUT2D eigenvalue weighted by molar-refractivity contribution is 0.753. The van der Waals surface area contributed by atoms with Crippen LogP contribution < -0.4 is 5.73 Å². The highest BCUT2D eigenvalue weighted by Crippen LogP contribution is 2.14. The molecular weight excluding hydrogens is 222 g/mol. The Morgan fingerprint density at radius 2 is 2.25 bits per heavy atom. The van der Waals surface area contributed by atoms with Crippen molar-refractivity contribution in [2.24, 2.45) is 0 Å². The van der Waals surface area contributed by atoms with Gasteiger partial charge in [-0.25, -0.2) is 4.98 Å². The highest BCUT2D eigenvalue weighted by atomic mass is 79.9. The first-order valence-corrected chi connectivity index (χ1v) is 4.12. The smallest absolute Gasteiger partial charge is 0.153 e. The highest BCUT2D eigenvalue weighted by molar-refractivity contribution is 9.10. The van der Waals surface area contributed by atoms with E-state index in [1.165, 1.54) is 4.63 Å². The Morgan fingerprint density at radius 3 is 3.00 bits per heavy atom. The Bertz CT molecular complexity index is 435. The summed E-state index contributed by atoms with van der Waals surface area (Å²) in [4.78, 5) is 4.00. The standard InChI is InChI=1S/C6H6BrN5/c1-3-9-6(8)4-2-5(7)11-12(4)10-3/h2H,1H3,(H2,8,9,10). The summed E-state index contributed by atoms with van der Waals surface area (Å²) in [5, 5.41) is 8.08. The number of nitrogens with two attached hydrogens (primary N) is 1. The fourth-order valence-electron chi connectivity index (χ4n) is 0.987. The molecule has 2 aromatic heterocycles. The van der Waals surface area contributed by atoms with Crippen LogP contribution in [-0.4, -0.2) is 19.8 Å². The normalized spacial score (nSPS) is 10.8. The molecule has 12 heavy (non-hydrogen) atoms. The van der Waals surface area contributed by atoms with E-state index < -0.39 is 0 Å². The number of anilines is 1. The van der Waals surface area contributed by atoms with Crippen molar-refractivity contribution in [3.05, 3.63) is 16.5 Å². The largest absolute Gasteiger partial charge is 0.382 e. The summed E-state index contributed by atoms with van der Waals surface area (Å²) in [7, 11) is 0. The average molecular weight is 228 g/mol. The number of hydrogen-bond donors (Lipinski definition) is 1. The van der Waals surface area contributed by atoms with Gasteiger partial charge in [-0.15, -0.1) is 14.8 Å². The van der Waals surface area contributed by atoms with Gasteiger partial charge in [0.1, 0.15) is 15.9 Å². The minimum atomic E-state index is 0.445. The van der Waals surface area contributed by atoms with Crippen molar-refractivity contribution in [3.63, 3.8) is 0 Å². The molecule has 6 heteroatoms. The molecule has 2 rings (SSSR count). The summed E-state index contributed by atoms with van der Waals surface area (Å²) in [6, 6.07) is 1.77. The number of hydrogen-bond acceptors (Lipinski definition) is 4. The molecule has 0 spiro atoms. The molecule has 0 bridgehead atoms. The van der Waals surface area contributed by atoms with E-state index in [1.807, 2.05) is 0 Å². The van der Waals surface area contributed by atoms with E-state index in [-0.39, 0.29) is 0 Å². The minimum Gasteiger partial charge on any atom is -0.382 e. The first-order chi connectivity index (χ1) is 5.66. The van der Waals surface area contributed by atoms with Crippen molar-refractivity contribution < 1.29 is 0 Å². The molecule has 2 N–H and O–H groups in total. The number of rotatable bonds is 0. The number of halogens is 1. The lowest BCUT2D eigenvalue weighted by atomic mass is 10.5. The first kappa shape index (κ1) is 7.48. The van der Waals surface area contributed by atoms with Crippen LogP contribution in [0.4, 0.5) is 5.82 Å². The molecule has 0 radical (unpaired) electrons. The predicted molar refractivity (Wildman–Crippen MR) is 47.6 cm³/mol. The van der Waals surface area contributed by atoms with Crippen LogP contribution in [0.15, 0.2) is 10.7 Å². The summed E-state index contributed by atoms with van der Waals surface area (Å²) in [6.45, 7) is 1.77. The van der Waals surface area contributed by atoms with E-state index in [0.717, 1.165) is 0 Å². The van der Waals surface area contributed by atoms with Gasteiger partial charge < -0.3 is 5.73 Å². The van der Waals surface area contributed by atoms with E-state index in [9.17, 15) is 0 Å². The number of nitrogen functional groups attached to an aromatic ring is 1. The van der Waals surface area contributed by atoms with Crippen LogP contribution in [0.2, 0.25) is 0 Å². The van der Waals surface area contributed by atoms with Crippen molar-refractivity contribution in [3.8, 4) is 0 Å². The van der Waals surface area contributed by atoms with Crippen molar-refractivity contribution in [1.82, 2.24) is 19.8 Å². The number of aromatic nitrogens is 4. The van der Waals surface area contributed by atoms with Gasteiger partial charge in [0.05, 0.1) is 0 Å². The SMILES string of the molecule is Cc1nc(N)c2cc(Br)nn2n1. The molecule has 0 amide bonds. The van der Waals surface area contributed by atoms with Crippen LogP contribution >= 0.6 is 15.9 Å². The van der Waals surface area contributed by atoms with Crippen LogP contribution in [0.3, 0.4) is 0 Å². The maximum Gasteiger partial charge on any atom is 0.153 e. The molecule has 0 saturated carbocycles. The van der Waals surface area contributed by atoms with Gasteiger partial charge in [0.2, 0.25) is 0 Å². The van der Waals surface area contributed by atoms with E-state index in [4.69, 9.17) is 5.73 Å². The van der Waals surface area contributed by atoms with Crippen molar-refractivity contribution in [1.29, 1.82) is 0 Å². The van der Waals surface area contributed by atoms with E-state index >= 15 is 0 Å². The van der Waals surface area contributed by atoms with E-state index in [0.29, 0.717) is 21.8 Å². The first-order valence-electron chi connectivity index (χ1n) is 3.32. The molecule has 5 nitrogen and oxygen atoms in total. The van der Waals surface area contributed by atoms with Gasteiger partial charge in [-0.05, 0) is 22.9 Å². The Hall–Kier alpha value is -1.17. The summed E-state index contributed by atoms with van der Waals surface area (Å²) < 4.78 is 2.16. The average Bonchev–Trinajstić information content (AvgIpc) is 2.29. The molecule has 0 aliphatic heterocycles. The number of aryl methyl sites for hydroxylation is 1. The monoisotopic (exact) mass is 227 g/mol. The van der Waals surface area contributed by atoms with Gasteiger partial charge in [-0.1, -0.05) is 0 Å². The minimum absolute atomic E-state index is 0.445. The third kappa shape index (κ3) is 1.04. The summed E-state index contributed by atoms with van der Waals surface area (Å²) in [6.07, 6.45) is 0. The number of fused-ring (bicyclic) bond motifs is 1. The second kappa shape index (κ2) is 2.41. The molecule has 62 valence electrons. The van der Waals surface area contributed by atoms with Crippen LogP contribution in [0.25, 0.3) is 5.52 Å². The van der Waals surface area contributed by atoms with Crippen LogP contribution in [0, 0.1) is 6.92 Å². The highest BCUT2D eigenvalue weighted by Gasteiger charge is 2.04. The van der Waals surface area contributed by atoms with Gasteiger partial charge >= 0.3 is 0 Å². The van der Waals surface area contributed by atoms with E-state index in [1.54, 1.807) is 13.0 Å². The summed E-state index contributed by atoms with van der Waals surface area (Å²) >= 11 is 3.23. The van der Waals surface area contributed by atoms with Crippen LogP contribution in [0.1, 0.15) is 5.82 Å². The Morgan fingerprint density at radius 1 is 1.50 bits per heavy atom. The zero-order chi connectivity index (χ0) is 8.72. The van der Waals surface area contributed by atoms with Gasteiger partial charge in [-0.3, -0.25) is 0 Å².